The van der Waals surface area contributed by atoms with E-state index in [0.29, 0.717) is 42.2 Å². The summed E-state index contributed by atoms with van der Waals surface area (Å²) >= 11 is 0. The number of ether oxygens (including phenoxy) is 4. The van der Waals surface area contributed by atoms with E-state index in [9.17, 15) is 9.18 Å². The number of nitriles is 1. The molecule has 4 atom stereocenters. The van der Waals surface area contributed by atoms with Gasteiger partial charge in [-0.05, 0) is 49.7 Å². The molecule has 1 saturated carbocycles. The number of pyridine rings is 1. The number of benzene rings is 2. The molecule has 4 fully saturated rings. The molecule has 5 heterocycles. The Hall–Kier alpha value is -4.21. The number of carbonyl (C=O) groups excluding carboxylic acids is 1. The fourth-order valence-electron chi connectivity index (χ4n) is 7.06. The van der Waals surface area contributed by atoms with Gasteiger partial charge in [0.05, 0.1) is 53.2 Å². The number of hydrogen-bond acceptors (Lipinski definition) is 9. The fourth-order valence-corrected chi connectivity index (χ4v) is 7.06. The fraction of sp³-hybridized carbons (Fsp3) is 0.412. The molecule has 0 radical (unpaired) electrons. The van der Waals surface area contributed by atoms with Gasteiger partial charge >= 0.3 is 0 Å². The number of fused-ring (bicyclic) bond motifs is 2. The SMILES string of the molecule is CC(=O)c1ccc2nc(CN3CC[C@@]4(c5cccc(OCc6ccc(C#N)cc6F)n5)OCO[C@H]4C3)n(C3CC34CCO4)c2c1. The Morgan fingerprint density at radius 1 is 1.16 bits per heavy atom. The van der Waals surface area contributed by atoms with Gasteiger partial charge in [-0.2, -0.15) is 5.26 Å². The van der Waals surface area contributed by atoms with Gasteiger partial charge in [-0.3, -0.25) is 9.69 Å². The van der Waals surface area contributed by atoms with Crippen molar-refractivity contribution >= 4 is 16.8 Å². The molecule has 0 bridgehead atoms. The number of carbonyl (C=O) groups is 1. The molecule has 11 heteroatoms. The van der Waals surface area contributed by atoms with E-state index in [4.69, 9.17) is 34.2 Å². The Morgan fingerprint density at radius 3 is 2.80 bits per heavy atom. The highest BCUT2D eigenvalue weighted by atomic mass is 19.1. The molecule has 10 nitrogen and oxygen atoms in total. The second-order valence-corrected chi connectivity index (χ2v) is 12.4. The van der Waals surface area contributed by atoms with Gasteiger partial charge in [0.25, 0.3) is 0 Å². The predicted molar refractivity (Wildman–Crippen MR) is 159 cm³/mol. The summed E-state index contributed by atoms with van der Waals surface area (Å²) in [4.78, 5) is 24.3. The van der Waals surface area contributed by atoms with E-state index in [-0.39, 0.29) is 42.5 Å². The van der Waals surface area contributed by atoms with Crippen molar-refractivity contribution in [1.82, 2.24) is 19.4 Å². The minimum atomic E-state index is -0.730. The van der Waals surface area contributed by atoms with Gasteiger partial charge in [0, 0.05) is 43.1 Å². The van der Waals surface area contributed by atoms with Crippen molar-refractivity contribution in [2.75, 3.05) is 26.5 Å². The molecular weight excluding hydrogens is 577 g/mol. The Kier molecular flexibility index (Phi) is 6.73. The number of halogens is 1. The zero-order chi connectivity index (χ0) is 30.8. The van der Waals surface area contributed by atoms with Crippen molar-refractivity contribution < 1.29 is 28.1 Å². The zero-order valence-corrected chi connectivity index (χ0v) is 24.9. The van der Waals surface area contributed by atoms with Gasteiger partial charge in [0.2, 0.25) is 5.88 Å². The summed E-state index contributed by atoms with van der Waals surface area (Å²) in [5.41, 5.74) is 3.03. The topological polar surface area (TPSA) is 112 Å². The van der Waals surface area contributed by atoms with Crippen LogP contribution in [-0.2, 0) is 33.0 Å². The van der Waals surface area contributed by atoms with E-state index in [1.54, 1.807) is 25.1 Å². The van der Waals surface area contributed by atoms with Gasteiger partial charge < -0.3 is 23.5 Å². The van der Waals surface area contributed by atoms with Gasteiger partial charge in [0.1, 0.15) is 36.7 Å². The number of nitrogens with zero attached hydrogens (tertiary/aromatic N) is 5. The summed E-state index contributed by atoms with van der Waals surface area (Å²) in [5, 5.41) is 9.00. The van der Waals surface area contributed by atoms with Crippen molar-refractivity contribution in [3.8, 4) is 11.9 Å². The van der Waals surface area contributed by atoms with E-state index in [2.05, 4.69) is 9.47 Å². The first-order valence-corrected chi connectivity index (χ1v) is 15.3. The zero-order valence-electron chi connectivity index (χ0n) is 24.9. The van der Waals surface area contributed by atoms with Crippen molar-refractivity contribution in [3.05, 3.63) is 88.6 Å². The molecule has 8 rings (SSSR count). The van der Waals surface area contributed by atoms with Crippen LogP contribution >= 0.6 is 0 Å². The number of piperidine rings is 1. The summed E-state index contributed by atoms with van der Waals surface area (Å²) < 4.78 is 41.0. The lowest BCUT2D eigenvalue weighted by Crippen LogP contribution is -2.52. The Morgan fingerprint density at radius 2 is 2.04 bits per heavy atom. The first-order chi connectivity index (χ1) is 21.9. The largest absolute Gasteiger partial charge is 0.473 e. The highest BCUT2D eigenvalue weighted by molar-refractivity contribution is 5.97. The summed E-state index contributed by atoms with van der Waals surface area (Å²) in [6, 6.07) is 17.7. The number of Topliss-reactive ketones (excluding diaryl/α,β-unsaturated/α-hetero) is 1. The van der Waals surface area contributed by atoms with Crippen molar-refractivity contribution in [1.29, 1.82) is 5.26 Å². The summed E-state index contributed by atoms with van der Waals surface area (Å²) in [7, 11) is 0. The van der Waals surface area contributed by atoms with Crippen LogP contribution in [0.1, 0.15) is 65.2 Å². The first kappa shape index (κ1) is 28.3. The van der Waals surface area contributed by atoms with Crippen LogP contribution in [0.25, 0.3) is 11.0 Å². The molecule has 0 N–H and O–H groups in total. The quantitative estimate of drug-likeness (QED) is 0.260. The number of rotatable bonds is 8. The van der Waals surface area contributed by atoms with Crippen LogP contribution in [0.15, 0.2) is 54.6 Å². The lowest BCUT2D eigenvalue weighted by molar-refractivity contribution is -0.0822. The van der Waals surface area contributed by atoms with Crippen molar-refractivity contribution in [2.24, 2.45) is 0 Å². The molecule has 0 amide bonds. The average Bonchev–Trinajstić information content (AvgIpc) is 3.48. The third-order valence-corrected chi connectivity index (χ3v) is 9.79. The Labute approximate surface area is 259 Å². The highest BCUT2D eigenvalue weighted by Crippen LogP contribution is 2.59. The van der Waals surface area contributed by atoms with Gasteiger partial charge in [-0.15, -0.1) is 0 Å². The number of hydrogen-bond donors (Lipinski definition) is 0. The number of ketones is 1. The smallest absolute Gasteiger partial charge is 0.213 e. The lowest BCUT2D eigenvalue weighted by atomic mass is 9.85. The molecule has 1 aliphatic carbocycles. The van der Waals surface area contributed by atoms with Crippen LogP contribution in [0.2, 0.25) is 0 Å². The van der Waals surface area contributed by atoms with E-state index in [1.165, 1.54) is 6.07 Å². The standard InChI is InChI=1S/C34H32FN5O5/c1-21(41)23-7-8-26-27(14-23)40(29-15-33(29)10-12-44-33)31(37-26)18-39-11-9-34(30(17-39)43-20-45-34)28-3-2-4-32(38-28)42-19-24-6-5-22(16-36)13-25(24)35/h2-8,13-14,29-30H,9-12,15,17-20H2,1H3/t29?,30-,33?,34-/m0/s1. The Bertz CT molecular complexity index is 1870. The summed E-state index contributed by atoms with van der Waals surface area (Å²) in [5.74, 6) is 0.857. The van der Waals surface area contributed by atoms with E-state index >= 15 is 0 Å². The number of imidazole rings is 1. The van der Waals surface area contributed by atoms with Crippen LogP contribution in [0.3, 0.4) is 0 Å². The van der Waals surface area contributed by atoms with Gasteiger partial charge in [-0.25, -0.2) is 14.4 Å². The maximum atomic E-state index is 14.4. The van der Waals surface area contributed by atoms with E-state index in [1.807, 2.05) is 36.4 Å². The predicted octanol–water partition coefficient (Wildman–Crippen LogP) is 4.80. The highest BCUT2D eigenvalue weighted by Gasteiger charge is 2.62. The van der Waals surface area contributed by atoms with E-state index < -0.39 is 11.4 Å². The summed E-state index contributed by atoms with van der Waals surface area (Å²) in [6.07, 6.45) is 2.40. The van der Waals surface area contributed by atoms with Crippen molar-refractivity contribution in [2.45, 2.75) is 62.7 Å². The molecule has 2 aromatic carbocycles. The lowest BCUT2D eigenvalue weighted by Gasteiger charge is -2.41. The molecule has 1 spiro atoms. The molecule has 45 heavy (non-hydrogen) atoms. The third-order valence-electron chi connectivity index (χ3n) is 9.79. The van der Waals surface area contributed by atoms with Gasteiger partial charge in [-0.1, -0.05) is 12.1 Å². The molecule has 4 aliphatic rings. The van der Waals surface area contributed by atoms with Crippen LogP contribution in [0.5, 0.6) is 5.88 Å². The molecule has 2 aromatic heterocycles. The minimum Gasteiger partial charge on any atom is -0.473 e. The number of aromatic nitrogens is 3. The number of likely N-dealkylation sites (tertiary alicyclic amines) is 1. The Balaban J connectivity index is 1.01. The first-order valence-electron chi connectivity index (χ1n) is 15.3. The molecule has 4 aromatic rings. The van der Waals surface area contributed by atoms with Crippen LogP contribution < -0.4 is 4.74 Å². The second-order valence-electron chi connectivity index (χ2n) is 12.4. The average molecular weight is 610 g/mol. The van der Waals surface area contributed by atoms with Crippen molar-refractivity contribution in [3.63, 3.8) is 0 Å². The molecule has 2 unspecified atom stereocenters. The monoisotopic (exact) mass is 609 g/mol. The van der Waals surface area contributed by atoms with E-state index in [0.717, 1.165) is 42.9 Å². The van der Waals surface area contributed by atoms with Crippen LogP contribution in [-0.4, -0.2) is 63.4 Å². The molecule has 3 aliphatic heterocycles. The van der Waals surface area contributed by atoms with Crippen LogP contribution in [0, 0.1) is 17.1 Å². The normalized spacial score (nSPS) is 27.2. The summed E-state index contributed by atoms with van der Waals surface area (Å²) in [6.45, 7) is 4.50. The maximum Gasteiger partial charge on any atom is 0.213 e. The van der Waals surface area contributed by atoms with Crippen LogP contribution in [0.4, 0.5) is 4.39 Å². The third kappa shape index (κ3) is 4.80. The maximum absolute atomic E-state index is 14.4. The molecule has 230 valence electrons. The van der Waals surface area contributed by atoms with Gasteiger partial charge in [0.15, 0.2) is 5.78 Å². The second kappa shape index (κ2) is 10.7. The minimum absolute atomic E-state index is 0.0161. The molecular formula is C34H32FN5O5. The molecule has 3 saturated heterocycles.